The number of hydrogen-bond acceptors (Lipinski definition) is 11. The van der Waals surface area contributed by atoms with E-state index in [1.807, 2.05) is 0 Å². The second-order valence-corrected chi connectivity index (χ2v) is 5.50. The molecule has 150 valence electrons. The molecule has 11 nitrogen and oxygen atoms in total. The van der Waals surface area contributed by atoms with Gasteiger partial charge in [0.25, 0.3) is 0 Å². The van der Waals surface area contributed by atoms with Gasteiger partial charge in [0.15, 0.2) is 0 Å². The van der Waals surface area contributed by atoms with Crippen molar-refractivity contribution in [3.8, 4) is 0 Å². The Morgan fingerprint density at radius 1 is 0.240 bits per heavy atom. The van der Waals surface area contributed by atoms with Crippen molar-refractivity contribution >= 4 is 0 Å². The van der Waals surface area contributed by atoms with Gasteiger partial charge in [-0.15, -0.1) is 0 Å². The van der Waals surface area contributed by atoms with E-state index < -0.39 is 0 Å². The smallest absolute Gasteiger partial charge is 0.0855 e. The molecule has 0 aromatic rings. The summed E-state index contributed by atoms with van der Waals surface area (Å²) in [6.45, 7) is 0.740. The standard InChI is InChI=1S/C14H28O11/c1-2-4-6-8-10-12-14-16-18-20-22-24-25-23-21-19-17-15-13-11-9-7-5-3-1/h1-14H2. The van der Waals surface area contributed by atoms with Gasteiger partial charge in [-0.2, -0.15) is 0 Å². The Hall–Kier alpha value is -0.440. The molecule has 1 saturated heterocycles. The lowest BCUT2D eigenvalue weighted by atomic mass is 10.1. The minimum Gasteiger partial charge on any atom is -0.204 e. The molecule has 25 heavy (non-hydrogen) atoms. The van der Waals surface area contributed by atoms with Crippen molar-refractivity contribution in [1.29, 1.82) is 0 Å². The average Bonchev–Trinajstić information content (AvgIpc) is 2.62. The van der Waals surface area contributed by atoms with Crippen LogP contribution in [0.1, 0.15) is 77.0 Å². The second kappa shape index (κ2) is 19.9. The molecule has 0 radical (unpaired) electrons. The van der Waals surface area contributed by atoms with Gasteiger partial charge >= 0.3 is 0 Å². The van der Waals surface area contributed by atoms with Crippen LogP contribution < -0.4 is 0 Å². The van der Waals surface area contributed by atoms with Gasteiger partial charge in [-0.25, -0.2) is 9.78 Å². The van der Waals surface area contributed by atoms with Crippen LogP contribution in [0, 0.1) is 0 Å². The predicted octanol–water partition coefficient (Wildman–Crippen LogP) is 4.01. The lowest BCUT2D eigenvalue weighted by molar-refractivity contribution is -0.855. The summed E-state index contributed by atoms with van der Waals surface area (Å²) in [4.78, 5) is 9.34. The van der Waals surface area contributed by atoms with Gasteiger partial charge in [-0.1, -0.05) is 64.2 Å². The average molecular weight is 372 g/mol. The molecule has 1 aliphatic rings. The van der Waals surface area contributed by atoms with Gasteiger partial charge in [0.1, 0.15) is 0 Å². The van der Waals surface area contributed by atoms with E-state index in [0.717, 1.165) is 25.7 Å². The third-order valence-electron chi connectivity index (χ3n) is 3.52. The molecule has 0 atom stereocenters. The monoisotopic (exact) mass is 372 g/mol. The van der Waals surface area contributed by atoms with Crippen LogP contribution in [-0.4, -0.2) is 13.2 Å². The molecular formula is C14H28O11. The van der Waals surface area contributed by atoms with Crippen molar-refractivity contribution < 1.29 is 55.1 Å². The van der Waals surface area contributed by atoms with Crippen LogP contribution >= 0.6 is 0 Å². The Balaban J connectivity index is 2.00. The summed E-state index contributed by atoms with van der Waals surface area (Å²) in [7, 11) is 0. The van der Waals surface area contributed by atoms with E-state index in [1.165, 1.54) is 51.4 Å². The number of hydrogen-bond donors (Lipinski definition) is 0. The minimum absolute atomic E-state index is 0.370. The van der Waals surface area contributed by atoms with Gasteiger partial charge in [0, 0.05) is 0 Å². The van der Waals surface area contributed by atoms with E-state index in [0.29, 0.717) is 13.2 Å². The van der Waals surface area contributed by atoms with Crippen LogP contribution in [0.3, 0.4) is 0 Å². The Labute approximate surface area is 146 Å². The maximum Gasteiger partial charge on any atom is 0.0855 e. The summed E-state index contributed by atoms with van der Waals surface area (Å²) < 4.78 is 0. The molecule has 0 N–H and O–H groups in total. The summed E-state index contributed by atoms with van der Waals surface area (Å²) in [5.74, 6) is 0. The van der Waals surface area contributed by atoms with Gasteiger partial charge in [0.2, 0.25) is 0 Å². The van der Waals surface area contributed by atoms with Crippen LogP contribution in [0.5, 0.6) is 0 Å². The van der Waals surface area contributed by atoms with Gasteiger partial charge in [0.05, 0.1) is 13.2 Å². The highest BCUT2D eigenvalue weighted by atomic mass is 17.9. The van der Waals surface area contributed by atoms with Crippen LogP contribution in [-0.2, 0) is 55.1 Å². The van der Waals surface area contributed by atoms with Crippen LogP contribution in [0.4, 0.5) is 0 Å². The topological polar surface area (TPSA) is 102 Å². The van der Waals surface area contributed by atoms with E-state index in [1.54, 1.807) is 0 Å². The first-order valence-electron chi connectivity index (χ1n) is 8.74. The molecule has 1 aliphatic heterocycles. The van der Waals surface area contributed by atoms with Crippen LogP contribution in [0.25, 0.3) is 0 Å². The van der Waals surface area contributed by atoms with Crippen molar-refractivity contribution in [2.45, 2.75) is 77.0 Å². The molecule has 0 spiro atoms. The van der Waals surface area contributed by atoms with Crippen LogP contribution in [0.2, 0.25) is 0 Å². The van der Waals surface area contributed by atoms with E-state index in [9.17, 15) is 0 Å². The molecule has 1 fully saturated rings. The summed E-state index contributed by atoms with van der Waals surface area (Å²) in [5, 5.41) is 35.6. The first-order valence-corrected chi connectivity index (χ1v) is 8.74. The molecule has 0 aromatic carbocycles. The van der Waals surface area contributed by atoms with Crippen molar-refractivity contribution in [3.05, 3.63) is 0 Å². The largest absolute Gasteiger partial charge is 0.204 e. The number of rotatable bonds is 0. The quantitative estimate of drug-likeness (QED) is 0.576. The van der Waals surface area contributed by atoms with Crippen molar-refractivity contribution in [2.75, 3.05) is 13.2 Å². The highest BCUT2D eigenvalue weighted by Gasteiger charge is 1.99. The third-order valence-corrected chi connectivity index (χ3v) is 3.52. The second-order valence-electron chi connectivity index (χ2n) is 5.50. The molecule has 0 saturated carbocycles. The maximum absolute atomic E-state index is 4.67. The fraction of sp³-hybridized carbons (Fsp3) is 1.00. The minimum atomic E-state index is 0.370. The Morgan fingerprint density at radius 3 is 0.800 bits per heavy atom. The molecule has 0 bridgehead atoms. The Kier molecular flexibility index (Phi) is 18.0. The van der Waals surface area contributed by atoms with Crippen LogP contribution in [0.15, 0.2) is 0 Å². The molecule has 11 heteroatoms. The molecule has 1 rings (SSSR count). The van der Waals surface area contributed by atoms with Gasteiger partial charge < -0.3 is 0 Å². The van der Waals surface area contributed by atoms with Gasteiger partial charge in [-0.3, -0.25) is 0 Å². The fourth-order valence-corrected chi connectivity index (χ4v) is 2.28. The predicted molar refractivity (Wildman–Crippen MR) is 77.1 cm³/mol. The molecule has 0 aliphatic carbocycles. The summed E-state index contributed by atoms with van der Waals surface area (Å²) >= 11 is 0. The normalized spacial score (nSPS) is 24.0. The Bertz CT molecular complexity index is 141. The zero-order valence-corrected chi connectivity index (χ0v) is 14.4. The first-order chi connectivity index (χ1) is 12.5. The highest BCUT2D eigenvalue weighted by molar-refractivity contribution is 4.48. The molecule has 0 amide bonds. The van der Waals surface area contributed by atoms with E-state index >= 15 is 0 Å². The zero-order chi connectivity index (χ0) is 17.7. The van der Waals surface area contributed by atoms with Crippen molar-refractivity contribution in [2.24, 2.45) is 0 Å². The summed E-state index contributed by atoms with van der Waals surface area (Å²) in [5.41, 5.74) is 0. The summed E-state index contributed by atoms with van der Waals surface area (Å²) in [6.07, 6.45) is 13.8. The summed E-state index contributed by atoms with van der Waals surface area (Å²) in [6, 6.07) is 0. The maximum atomic E-state index is 4.67. The van der Waals surface area contributed by atoms with Gasteiger partial charge in [-0.05, 0) is 58.2 Å². The molecular weight excluding hydrogens is 344 g/mol. The first kappa shape index (κ1) is 22.6. The SMILES string of the molecule is C1CCCCCCCOOOOOOOOOOOCCCCCC1. The fourth-order valence-electron chi connectivity index (χ4n) is 2.28. The van der Waals surface area contributed by atoms with Crippen molar-refractivity contribution in [1.82, 2.24) is 0 Å². The third kappa shape index (κ3) is 18.2. The lowest BCUT2D eigenvalue weighted by Gasteiger charge is -2.03. The molecule has 0 aromatic heterocycles. The van der Waals surface area contributed by atoms with E-state index in [2.05, 4.69) is 55.1 Å². The van der Waals surface area contributed by atoms with E-state index in [4.69, 9.17) is 0 Å². The highest BCUT2D eigenvalue weighted by Crippen LogP contribution is 2.12. The zero-order valence-electron chi connectivity index (χ0n) is 14.4. The Morgan fingerprint density at radius 2 is 0.480 bits per heavy atom. The lowest BCUT2D eigenvalue weighted by Crippen LogP contribution is -2.04. The molecule has 1 heterocycles. The van der Waals surface area contributed by atoms with Crippen molar-refractivity contribution in [3.63, 3.8) is 0 Å². The van der Waals surface area contributed by atoms with E-state index in [-0.39, 0.29) is 0 Å². The molecule has 0 unspecified atom stereocenters.